The summed E-state index contributed by atoms with van der Waals surface area (Å²) in [5.74, 6) is -0.640. The number of nitrogens with zero attached hydrogens (tertiary/aromatic N) is 1. The van der Waals surface area contributed by atoms with Crippen LogP contribution < -0.4 is 9.46 Å². The van der Waals surface area contributed by atoms with Crippen LogP contribution in [0.5, 0.6) is 5.75 Å². The van der Waals surface area contributed by atoms with Crippen molar-refractivity contribution in [3.05, 3.63) is 54.1 Å². The largest absolute Gasteiger partial charge is 0.494 e. The fourth-order valence-corrected chi connectivity index (χ4v) is 3.55. The molecule has 0 spiro atoms. The second-order valence-corrected chi connectivity index (χ2v) is 8.02. The third-order valence-electron chi connectivity index (χ3n) is 3.91. The number of carbonyl (C=O) groups excluding carboxylic acids is 2. The molecular weight excluding hydrogens is 396 g/mol. The summed E-state index contributed by atoms with van der Waals surface area (Å²) < 4.78 is 38.3. The van der Waals surface area contributed by atoms with E-state index in [1.807, 2.05) is 6.92 Å². The molecule has 8 nitrogen and oxygen atoms in total. The lowest BCUT2D eigenvalue weighted by Gasteiger charge is -2.18. The SMILES string of the molecule is CCOc1ccc(S(=O)(=O)Nc2ccccc2C(=O)O[C@@H](C)C(=O)N(C)C)cc1. The maximum atomic E-state index is 12.7. The molecule has 2 rings (SSSR count). The number of esters is 1. The highest BCUT2D eigenvalue weighted by Crippen LogP contribution is 2.23. The van der Waals surface area contributed by atoms with Gasteiger partial charge < -0.3 is 14.4 Å². The topological polar surface area (TPSA) is 102 Å². The van der Waals surface area contributed by atoms with E-state index in [0.717, 1.165) is 0 Å². The van der Waals surface area contributed by atoms with Crippen LogP contribution in [0.3, 0.4) is 0 Å². The van der Waals surface area contributed by atoms with Gasteiger partial charge >= 0.3 is 5.97 Å². The fourth-order valence-electron chi connectivity index (χ4n) is 2.47. The standard InChI is InChI=1S/C20H24N2O6S/c1-5-27-15-10-12-16(13-11-15)29(25,26)21-18-9-7-6-8-17(18)20(24)28-14(2)19(23)22(3)4/h6-14,21H,5H2,1-4H3/t14-/m0/s1. The van der Waals surface area contributed by atoms with Crippen molar-refractivity contribution in [3.63, 3.8) is 0 Å². The van der Waals surface area contributed by atoms with E-state index in [1.54, 1.807) is 38.4 Å². The molecule has 0 aliphatic rings. The predicted molar refractivity (Wildman–Crippen MR) is 108 cm³/mol. The number of rotatable bonds is 8. The van der Waals surface area contributed by atoms with Crippen LogP contribution in [0, 0.1) is 0 Å². The van der Waals surface area contributed by atoms with Crippen LogP contribution in [0.4, 0.5) is 5.69 Å². The van der Waals surface area contributed by atoms with Gasteiger partial charge in [0.15, 0.2) is 6.10 Å². The third-order valence-corrected chi connectivity index (χ3v) is 5.29. The minimum absolute atomic E-state index is 0.000387. The second-order valence-electron chi connectivity index (χ2n) is 6.34. The molecule has 0 aliphatic heterocycles. The van der Waals surface area contributed by atoms with E-state index in [0.29, 0.717) is 12.4 Å². The quantitative estimate of drug-likeness (QED) is 0.659. The summed E-state index contributed by atoms with van der Waals surface area (Å²) in [7, 11) is -0.853. The Labute approximate surface area is 170 Å². The molecule has 0 radical (unpaired) electrons. The number of ether oxygens (including phenoxy) is 2. The monoisotopic (exact) mass is 420 g/mol. The fraction of sp³-hybridized carbons (Fsp3) is 0.300. The van der Waals surface area contributed by atoms with E-state index in [-0.39, 0.29) is 22.1 Å². The van der Waals surface area contributed by atoms with Gasteiger partial charge in [-0.3, -0.25) is 9.52 Å². The third kappa shape index (κ3) is 5.71. The zero-order valence-electron chi connectivity index (χ0n) is 16.7. The molecule has 0 aromatic heterocycles. The molecule has 156 valence electrons. The number of amides is 1. The van der Waals surface area contributed by atoms with E-state index in [2.05, 4.69) is 4.72 Å². The summed E-state index contributed by atoms with van der Waals surface area (Å²) in [5, 5.41) is 0. The van der Waals surface area contributed by atoms with Crippen LogP contribution in [-0.2, 0) is 19.6 Å². The molecule has 2 aromatic carbocycles. The van der Waals surface area contributed by atoms with Crippen LogP contribution in [0.15, 0.2) is 53.4 Å². The number of hydrogen-bond acceptors (Lipinski definition) is 6. The second kappa shape index (κ2) is 9.42. The Kier molecular flexibility index (Phi) is 7.22. The summed E-state index contributed by atoms with van der Waals surface area (Å²) >= 11 is 0. The molecule has 0 fully saturated rings. The summed E-state index contributed by atoms with van der Waals surface area (Å²) in [6, 6.07) is 11.9. The minimum atomic E-state index is -3.95. The van der Waals surface area contributed by atoms with Gasteiger partial charge in [-0.2, -0.15) is 0 Å². The number of sulfonamides is 1. The van der Waals surface area contributed by atoms with Crippen LogP contribution in [-0.4, -0.2) is 52.0 Å². The van der Waals surface area contributed by atoms with Crippen molar-refractivity contribution in [1.29, 1.82) is 0 Å². The van der Waals surface area contributed by atoms with Gasteiger partial charge in [0, 0.05) is 14.1 Å². The number of benzene rings is 2. The van der Waals surface area contributed by atoms with E-state index >= 15 is 0 Å². The smallest absolute Gasteiger partial charge is 0.341 e. The van der Waals surface area contributed by atoms with Gasteiger partial charge in [0.1, 0.15) is 5.75 Å². The molecule has 0 bridgehead atoms. The summed E-state index contributed by atoms with van der Waals surface area (Å²) in [4.78, 5) is 25.7. The molecule has 0 unspecified atom stereocenters. The average Bonchev–Trinajstić information content (AvgIpc) is 2.68. The Morgan fingerprint density at radius 1 is 1.07 bits per heavy atom. The lowest BCUT2D eigenvalue weighted by Crippen LogP contribution is -2.35. The summed E-state index contributed by atoms with van der Waals surface area (Å²) in [6.07, 6.45) is -1.01. The Bertz CT molecular complexity index is 971. The van der Waals surface area contributed by atoms with E-state index < -0.39 is 22.1 Å². The van der Waals surface area contributed by atoms with Crippen molar-refractivity contribution in [2.75, 3.05) is 25.4 Å². The molecule has 9 heteroatoms. The van der Waals surface area contributed by atoms with Crippen LogP contribution in [0.1, 0.15) is 24.2 Å². The lowest BCUT2D eigenvalue weighted by molar-refractivity contribution is -0.137. The number of anilines is 1. The van der Waals surface area contributed by atoms with Gasteiger partial charge in [-0.05, 0) is 50.2 Å². The zero-order valence-corrected chi connectivity index (χ0v) is 17.5. The minimum Gasteiger partial charge on any atom is -0.494 e. The van der Waals surface area contributed by atoms with Gasteiger partial charge in [-0.25, -0.2) is 13.2 Å². The molecule has 2 aromatic rings. The molecule has 0 saturated carbocycles. The first-order chi connectivity index (χ1) is 13.7. The highest BCUT2D eigenvalue weighted by atomic mass is 32.2. The van der Waals surface area contributed by atoms with Crippen LogP contribution >= 0.6 is 0 Å². The number of likely N-dealkylation sites (N-methyl/N-ethyl adjacent to an activating group) is 1. The summed E-state index contributed by atoms with van der Waals surface area (Å²) in [5.41, 5.74) is 0.0521. The van der Waals surface area contributed by atoms with Gasteiger partial charge in [0.25, 0.3) is 15.9 Å². The van der Waals surface area contributed by atoms with Gasteiger partial charge in [0.2, 0.25) is 0 Å². The number of hydrogen-bond donors (Lipinski definition) is 1. The Hall–Kier alpha value is -3.07. The van der Waals surface area contributed by atoms with Gasteiger partial charge in [-0.1, -0.05) is 12.1 Å². The zero-order chi connectivity index (χ0) is 21.6. The van der Waals surface area contributed by atoms with Crippen molar-refractivity contribution < 1.29 is 27.5 Å². The van der Waals surface area contributed by atoms with Crippen LogP contribution in [0.2, 0.25) is 0 Å². The first-order valence-corrected chi connectivity index (χ1v) is 10.4. The molecule has 29 heavy (non-hydrogen) atoms. The first kappa shape index (κ1) is 22.2. The van der Waals surface area contributed by atoms with Crippen molar-refractivity contribution in [2.24, 2.45) is 0 Å². The molecule has 0 heterocycles. The normalized spacial score (nSPS) is 12.0. The van der Waals surface area contributed by atoms with Crippen molar-refractivity contribution >= 4 is 27.6 Å². The maximum absolute atomic E-state index is 12.7. The molecule has 1 N–H and O–H groups in total. The van der Waals surface area contributed by atoms with Gasteiger partial charge in [-0.15, -0.1) is 0 Å². The molecule has 0 aliphatic carbocycles. The van der Waals surface area contributed by atoms with Crippen molar-refractivity contribution in [2.45, 2.75) is 24.8 Å². The number of nitrogens with one attached hydrogen (secondary N) is 1. The molecule has 0 saturated heterocycles. The number of carbonyl (C=O) groups is 2. The molecule has 1 atom stereocenters. The highest BCUT2D eigenvalue weighted by Gasteiger charge is 2.24. The van der Waals surface area contributed by atoms with Gasteiger partial charge in [0.05, 0.1) is 22.8 Å². The van der Waals surface area contributed by atoms with E-state index in [4.69, 9.17) is 9.47 Å². The Morgan fingerprint density at radius 3 is 2.28 bits per heavy atom. The molecule has 1 amide bonds. The maximum Gasteiger partial charge on any atom is 0.341 e. The van der Waals surface area contributed by atoms with E-state index in [1.165, 1.54) is 36.1 Å². The van der Waals surface area contributed by atoms with E-state index in [9.17, 15) is 18.0 Å². The Morgan fingerprint density at radius 2 is 1.69 bits per heavy atom. The summed E-state index contributed by atoms with van der Waals surface area (Å²) in [6.45, 7) is 3.75. The Balaban J connectivity index is 2.23. The number of para-hydroxylation sites is 1. The molecular formula is C20H24N2O6S. The van der Waals surface area contributed by atoms with Crippen molar-refractivity contribution in [1.82, 2.24) is 4.90 Å². The van der Waals surface area contributed by atoms with Crippen LogP contribution in [0.25, 0.3) is 0 Å². The van der Waals surface area contributed by atoms with Crippen molar-refractivity contribution in [3.8, 4) is 5.75 Å². The lowest BCUT2D eigenvalue weighted by atomic mass is 10.2. The first-order valence-electron chi connectivity index (χ1n) is 8.92. The average molecular weight is 420 g/mol. The predicted octanol–water partition coefficient (Wildman–Crippen LogP) is 2.52. The highest BCUT2D eigenvalue weighted by molar-refractivity contribution is 7.92.